The number of carboxylic acids is 1. The van der Waals surface area contributed by atoms with E-state index in [2.05, 4.69) is 4.98 Å². The number of carbonyl (C=O) groups excluding carboxylic acids is 1. The van der Waals surface area contributed by atoms with Crippen LogP contribution < -0.4 is 5.69 Å². The molecule has 1 aromatic heterocycles. The van der Waals surface area contributed by atoms with Crippen LogP contribution in [0.15, 0.2) is 4.79 Å². The quantitative estimate of drug-likeness (QED) is 0.491. The number of aromatic hydroxyl groups is 1. The van der Waals surface area contributed by atoms with Crippen molar-refractivity contribution in [3.05, 3.63) is 16.2 Å². The number of likely N-dealkylation sites (tertiary alicyclic amines) is 1. The monoisotopic (exact) mass is 239 g/mol. The molecule has 0 saturated carbocycles. The normalized spacial score (nSPS) is 25.1. The first kappa shape index (κ1) is 9.94. The highest BCUT2D eigenvalue weighted by Crippen LogP contribution is 2.47. The predicted molar refractivity (Wildman–Crippen MR) is 52.5 cm³/mol. The molecule has 90 valence electrons. The third-order valence-electron chi connectivity index (χ3n) is 3.35. The molecule has 1 saturated heterocycles. The molecule has 2 aliphatic rings. The lowest BCUT2D eigenvalue weighted by atomic mass is 10.2. The maximum atomic E-state index is 11.5. The number of aromatic amines is 1. The second-order valence-corrected chi connectivity index (χ2v) is 4.20. The van der Waals surface area contributed by atoms with E-state index in [-0.39, 0.29) is 18.5 Å². The van der Waals surface area contributed by atoms with E-state index >= 15 is 0 Å². The Labute approximate surface area is 94.1 Å². The Balaban J connectivity index is 2.06. The van der Waals surface area contributed by atoms with Crippen LogP contribution in [0.3, 0.4) is 0 Å². The Kier molecular flexibility index (Phi) is 1.70. The Morgan fingerprint density at radius 2 is 2.12 bits per heavy atom. The molecule has 3 heterocycles. The fourth-order valence-corrected chi connectivity index (χ4v) is 2.74. The predicted octanol–water partition coefficient (Wildman–Crippen LogP) is -1.21. The highest BCUT2D eigenvalue weighted by molar-refractivity contribution is 6.31. The van der Waals surface area contributed by atoms with Crippen molar-refractivity contribution in [2.45, 2.75) is 18.5 Å². The summed E-state index contributed by atoms with van der Waals surface area (Å²) >= 11 is 0. The summed E-state index contributed by atoms with van der Waals surface area (Å²) in [5.41, 5.74) is -0.117. The molecule has 1 amide bonds. The van der Waals surface area contributed by atoms with Crippen LogP contribution in [-0.4, -0.2) is 43.1 Å². The molecule has 17 heavy (non-hydrogen) atoms. The van der Waals surface area contributed by atoms with Gasteiger partial charge in [-0.2, -0.15) is 0 Å². The van der Waals surface area contributed by atoms with E-state index in [1.165, 1.54) is 9.47 Å². The number of rotatable bonds is 0. The summed E-state index contributed by atoms with van der Waals surface area (Å²) in [4.78, 5) is 36.9. The molecule has 8 nitrogen and oxygen atoms in total. The summed E-state index contributed by atoms with van der Waals surface area (Å²) < 4.78 is 1.39. The first-order valence-electron chi connectivity index (χ1n) is 5.08. The maximum absolute atomic E-state index is 11.5. The molecule has 0 spiro atoms. The second-order valence-electron chi connectivity index (χ2n) is 4.20. The number of aliphatic carboxylic acids is 1. The van der Waals surface area contributed by atoms with E-state index in [9.17, 15) is 19.5 Å². The lowest BCUT2D eigenvalue weighted by Gasteiger charge is -2.25. The number of fused-ring (bicyclic) bond motifs is 5. The zero-order chi connectivity index (χ0) is 12.3. The molecule has 8 heteroatoms. The van der Waals surface area contributed by atoms with Gasteiger partial charge in [-0.05, 0) is 6.42 Å². The van der Waals surface area contributed by atoms with Gasteiger partial charge in [0.05, 0.1) is 12.1 Å². The third kappa shape index (κ3) is 1.09. The minimum absolute atomic E-state index is 0.194. The van der Waals surface area contributed by atoms with Crippen molar-refractivity contribution in [3.8, 4) is 5.88 Å². The van der Waals surface area contributed by atoms with Gasteiger partial charge < -0.3 is 15.1 Å². The van der Waals surface area contributed by atoms with Crippen LogP contribution in [0, 0.1) is 0 Å². The van der Waals surface area contributed by atoms with Gasteiger partial charge in [0.1, 0.15) is 5.69 Å². The Bertz CT molecular complexity index is 586. The van der Waals surface area contributed by atoms with Crippen molar-refractivity contribution in [2.24, 2.45) is 0 Å². The van der Waals surface area contributed by atoms with Gasteiger partial charge in [-0.3, -0.25) is 14.3 Å². The van der Waals surface area contributed by atoms with Crippen molar-refractivity contribution in [2.75, 3.05) is 6.54 Å². The van der Waals surface area contributed by atoms with Gasteiger partial charge in [0, 0.05) is 6.54 Å². The average Bonchev–Trinajstić information content (AvgIpc) is 2.89. The molecule has 1 aromatic rings. The van der Waals surface area contributed by atoms with E-state index in [0.717, 1.165) is 0 Å². The minimum Gasteiger partial charge on any atom is -0.493 e. The average molecular weight is 239 g/mol. The molecule has 2 aliphatic heterocycles. The molecule has 0 radical (unpaired) electrons. The largest absolute Gasteiger partial charge is 0.493 e. The van der Waals surface area contributed by atoms with E-state index in [4.69, 9.17) is 5.11 Å². The lowest BCUT2D eigenvalue weighted by molar-refractivity contribution is -0.156. The highest BCUT2D eigenvalue weighted by atomic mass is 16.4. The number of aromatic nitrogens is 2. The second kappa shape index (κ2) is 2.90. The molecular weight excluding hydrogens is 230 g/mol. The summed E-state index contributed by atoms with van der Waals surface area (Å²) in [5.74, 6) is -2.82. The number of H-pyrrole nitrogens is 1. The number of amides is 1. The van der Waals surface area contributed by atoms with Crippen LogP contribution in [0.1, 0.15) is 24.2 Å². The third-order valence-corrected chi connectivity index (χ3v) is 3.35. The van der Waals surface area contributed by atoms with Gasteiger partial charge >= 0.3 is 17.6 Å². The van der Waals surface area contributed by atoms with Crippen LogP contribution in [0.2, 0.25) is 0 Å². The number of hydrogen-bond acceptors (Lipinski definition) is 4. The van der Waals surface area contributed by atoms with Crippen molar-refractivity contribution in [1.29, 1.82) is 0 Å². The molecule has 1 fully saturated rings. The molecule has 0 aromatic carbocycles. The molecule has 2 unspecified atom stereocenters. The number of nitrogens with zero attached hydrogens (tertiary/aromatic N) is 2. The van der Waals surface area contributed by atoms with E-state index in [0.29, 0.717) is 12.1 Å². The van der Waals surface area contributed by atoms with Gasteiger partial charge in [0.25, 0.3) is 0 Å². The number of imidazole rings is 1. The van der Waals surface area contributed by atoms with E-state index in [1.807, 2.05) is 0 Å². The van der Waals surface area contributed by atoms with Crippen molar-refractivity contribution < 1.29 is 19.8 Å². The van der Waals surface area contributed by atoms with Gasteiger partial charge in [-0.15, -0.1) is 0 Å². The standard InChI is InChI=1S/C9H9N3O5/c13-6-5-4-1-3(12(5)9(17)10-6)2-11(4)7(14)8(15)16/h3-4,13H,1-2H2,(H,10,17)(H,15,16). The Hall–Kier alpha value is -2.25. The summed E-state index contributed by atoms with van der Waals surface area (Å²) in [6.07, 6.45) is 0.478. The summed E-state index contributed by atoms with van der Waals surface area (Å²) in [7, 11) is 0. The molecule has 0 aliphatic carbocycles. The van der Waals surface area contributed by atoms with E-state index in [1.54, 1.807) is 0 Å². The fraction of sp³-hybridized carbons (Fsp3) is 0.444. The highest BCUT2D eigenvalue weighted by Gasteiger charge is 2.49. The van der Waals surface area contributed by atoms with Crippen molar-refractivity contribution in [3.63, 3.8) is 0 Å². The van der Waals surface area contributed by atoms with Crippen LogP contribution in [0.25, 0.3) is 0 Å². The molecule has 2 bridgehead atoms. The zero-order valence-electron chi connectivity index (χ0n) is 8.58. The Morgan fingerprint density at radius 1 is 1.41 bits per heavy atom. The van der Waals surface area contributed by atoms with Crippen LogP contribution in [0.4, 0.5) is 0 Å². The number of carboxylic acid groups (broad SMARTS) is 1. The van der Waals surface area contributed by atoms with Gasteiger partial charge in [0.15, 0.2) is 0 Å². The van der Waals surface area contributed by atoms with Gasteiger partial charge in [-0.25, -0.2) is 9.59 Å². The first-order chi connectivity index (χ1) is 8.00. The summed E-state index contributed by atoms with van der Waals surface area (Å²) in [6.45, 7) is 0.194. The topological polar surface area (TPSA) is 116 Å². The van der Waals surface area contributed by atoms with Crippen molar-refractivity contribution >= 4 is 11.9 Å². The van der Waals surface area contributed by atoms with E-state index < -0.39 is 23.6 Å². The Morgan fingerprint density at radius 3 is 2.76 bits per heavy atom. The number of hydrogen-bond donors (Lipinski definition) is 3. The molecule has 2 atom stereocenters. The summed E-state index contributed by atoms with van der Waals surface area (Å²) in [5, 5.41) is 18.2. The maximum Gasteiger partial charge on any atom is 0.394 e. The minimum atomic E-state index is -1.53. The van der Waals surface area contributed by atoms with Crippen molar-refractivity contribution in [1.82, 2.24) is 14.5 Å². The molecule has 3 rings (SSSR count). The zero-order valence-corrected chi connectivity index (χ0v) is 8.58. The fourth-order valence-electron chi connectivity index (χ4n) is 2.74. The van der Waals surface area contributed by atoms with Crippen LogP contribution in [-0.2, 0) is 9.59 Å². The molecular formula is C9H9N3O5. The summed E-state index contributed by atoms with van der Waals surface area (Å²) in [6, 6.07) is -0.773. The van der Waals surface area contributed by atoms with Gasteiger partial charge in [-0.1, -0.05) is 0 Å². The van der Waals surface area contributed by atoms with Gasteiger partial charge in [0.2, 0.25) is 5.88 Å². The number of carbonyl (C=O) groups is 2. The SMILES string of the molecule is O=C(O)C(=O)N1CC2CC1c1c(O)[nH]c(=O)n12. The number of nitrogens with one attached hydrogen (secondary N) is 1. The first-order valence-corrected chi connectivity index (χ1v) is 5.08. The van der Waals surface area contributed by atoms with Crippen LogP contribution >= 0.6 is 0 Å². The molecule has 3 N–H and O–H groups in total. The lowest BCUT2D eigenvalue weighted by Crippen LogP contribution is -2.40. The van der Waals surface area contributed by atoms with Crippen LogP contribution in [0.5, 0.6) is 5.88 Å². The smallest absolute Gasteiger partial charge is 0.394 e.